The van der Waals surface area contributed by atoms with Gasteiger partial charge in [0.05, 0.1) is 38.8 Å². The molecule has 0 atom stereocenters. The summed E-state index contributed by atoms with van der Waals surface area (Å²) in [6.07, 6.45) is 1.96. The van der Waals surface area contributed by atoms with E-state index in [-0.39, 0.29) is 0 Å². The Balaban J connectivity index is 2.60. The summed E-state index contributed by atoms with van der Waals surface area (Å²) in [5, 5.41) is 0. The molecule has 0 aromatic heterocycles. The maximum Gasteiger partial charge on any atom is 0.330 e. The summed E-state index contributed by atoms with van der Waals surface area (Å²) < 4.78 is 46.2. The Labute approximate surface area is 157 Å². The van der Waals surface area contributed by atoms with Crippen LogP contribution in [-0.2, 0) is 40.1 Å². The van der Waals surface area contributed by atoms with Gasteiger partial charge in [0, 0.05) is 0 Å². The van der Waals surface area contributed by atoms with Crippen molar-refractivity contribution >= 4 is 15.2 Å². The summed E-state index contributed by atoms with van der Waals surface area (Å²) in [6.45, 7) is 8.72. The molecule has 1 rings (SSSR count). The number of benzene rings is 1. The average Bonchev–Trinajstić information content (AvgIpc) is 2.60. The van der Waals surface area contributed by atoms with Crippen LogP contribution in [0.2, 0.25) is 0 Å². The van der Waals surface area contributed by atoms with E-state index in [4.69, 9.17) is 18.1 Å². The molecule has 0 radical (unpaired) electrons. The van der Waals surface area contributed by atoms with E-state index >= 15 is 0 Å². The van der Waals surface area contributed by atoms with E-state index in [1.165, 1.54) is 0 Å². The molecule has 1 aromatic carbocycles. The highest BCUT2D eigenvalue weighted by Crippen LogP contribution is 2.49. The molecule has 0 aliphatic heterocycles. The van der Waals surface area contributed by atoms with E-state index < -0.39 is 15.2 Å². The minimum atomic E-state index is -3.02. The number of aryl methyl sites for hydroxylation is 2. The molecule has 8 heteroatoms. The minimum Gasteiger partial charge on any atom is -0.309 e. The Kier molecular flexibility index (Phi) is 10.9. The maximum atomic E-state index is 12.5. The molecule has 0 saturated heterocycles. The van der Waals surface area contributed by atoms with Crippen molar-refractivity contribution in [1.82, 2.24) is 0 Å². The van der Waals surface area contributed by atoms with E-state index in [0.29, 0.717) is 51.6 Å². The predicted molar refractivity (Wildman–Crippen MR) is 105 cm³/mol. The monoisotopic (exact) mass is 406 g/mol. The first-order chi connectivity index (χ1) is 12.4. The molecule has 0 bridgehead atoms. The van der Waals surface area contributed by atoms with E-state index in [2.05, 4.69) is 0 Å². The van der Waals surface area contributed by atoms with Gasteiger partial charge in [0.1, 0.15) is 0 Å². The van der Waals surface area contributed by atoms with Gasteiger partial charge >= 0.3 is 15.2 Å². The highest BCUT2D eigenvalue weighted by atomic mass is 31.2. The number of rotatable bonds is 14. The van der Waals surface area contributed by atoms with Gasteiger partial charge in [-0.1, -0.05) is 24.3 Å². The number of hydrogen-bond acceptors (Lipinski definition) is 6. The summed E-state index contributed by atoms with van der Waals surface area (Å²) >= 11 is 0. The molecular weight excluding hydrogens is 374 g/mol. The zero-order chi connectivity index (χ0) is 19.5. The van der Waals surface area contributed by atoms with Crippen LogP contribution in [0, 0.1) is 0 Å². The topological polar surface area (TPSA) is 71.1 Å². The third kappa shape index (κ3) is 8.47. The summed E-state index contributed by atoms with van der Waals surface area (Å²) in [7, 11) is -6.03. The third-order valence-corrected chi connectivity index (χ3v) is 7.82. The van der Waals surface area contributed by atoms with Gasteiger partial charge in [0.25, 0.3) is 0 Å². The normalized spacial score (nSPS) is 12.5. The molecule has 0 heterocycles. The lowest BCUT2D eigenvalue weighted by Crippen LogP contribution is -2.04. The Morgan fingerprint density at radius 2 is 0.885 bits per heavy atom. The first-order valence-electron chi connectivity index (χ1n) is 9.24. The smallest absolute Gasteiger partial charge is 0.309 e. The fourth-order valence-electron chi connectivity index (χ4n) is 2.52. The van der Waals surface area contributed by atoms with Gasteiger partial charge in [0.15, 0.2) is 0 Å². The van der Waals surface area contributed by atoms with Crippen molar-refractivity contribution in [3.63, 3.8) is 0 Å². The fraction of sp³-hybridized carbons (Fsp3) is 0.667. The molecule has 26 heavy (non-hydrogen) atoms. The number of hydrogen-bond donors (Lipinski definition) is 0. The standard InChI is InChI=1S/C18H32O6P2/c1-5-21-25(19,22-6-2)15-13-17-9-11-18(12-10-17)14-16-26(20,23-7-3)24-8-4/h9-12H,5-8,13-16H2,1-4H3. The zero-order valence-electron chi connectivity index (χ0n) is 16.3. The van der Waals surface area contributed by atoms with Crippen LogP contribution in [-0.4, -0.2) is 38.8 Å². The molecule has 0 saturated carbocycles. The highest BCUT2D eigenvalue weighted by Gasteiger charge is 2.24. The second-order valence-electron chi connectivity index (χ2n) is 5.66. The van der Waals surface area contributed by atoms with E-state index in [1.54, 1.807) is 0 Å². The molecule has 0 spiro atoms. The molecule has 1 aromatic rings. The van der Waals surface area contributed by atoms with E-state index in [0.717, 1.165) is 11.1 Å². The summed E-state index contributed by atoms with van der Waals surface area (Å²) in [5.41, 5.74) is 2.12. The van der Waals surface area contributed by atoms with Crippen LogP contribution in [0.25, 0.3) is 0 Å². The van der Waals surface area contributed by atoms with Crippen molar-refractivity contribution in [2.24, 2.45) is 0 Å². The van der Waals surface area contributed by atoms with Crippen LogP contribution in [0.15, 0.2) is 24.3 Å². The average molecular weight is 406 g/mol. The highest BCUT2D eigenvalue weighted by molar-refractivity contribution is 7.54. The molecule has 150 valence electrons. The Morgan fingerprint density at radius 3 is 1.12 bits per heavy atom. The van der Waals surface area contributed by atoms with Crippen LogP contribution in [0.4, 0.5) is 0 Å². The van der Waals surface area contributed by atoms with Gasteiger partial charge in [0.2, 0.25) is 0 Å². The summed E-state index contributed by atoms with van der Waals surface area (Å²) in [6, 6.07) is 7.96. The maximum absolute atomic E-state index is 12.5. The van der Waals surface area contributed by atoms with Crippen molar-refractivity contribution in [2.45, 2.75) is 40.5 Å². The Hall–Kier alpha value is -0.480. The van der Waals surface area contributed by atoms with Gasteiger partial charge in [-0.05, 0) is 51.7 Å². The van der Waals surface area contributed by atoms with Gasteiger partial charge in [-0.3, -0.25) is 9.13 Å². The van der Waals surface area contributed by atoms with Crippen LogP contribution >= 0.6 is 15.2 Å². The van der Waals surface area contributed by atoms with Crippen molar-refractivity contribution in [1.29, 1.82) is 0 Å². The first-order valence-corrected chi connectivity index (χ1v) is 12.7. The molecule has 0 aliphatic carbocycles. The molecular formula is C18H32O6P2. The molecule has 6 nitrogen and oxygen atoms in total. The Morgan fingerprint density at radius 1 is 0.615 bits per heavy atom. The third-order valence-electron chi connectivity index (χ3n) is 3.67. The molecule has 0 amide bonds. The van der Waals surface area contributed by atoms with Crippen LogP contribution in [0.3, 0.4) is 0 Å². The van der Waals surface area contributed by atoms with E-state index in [9.17, 15) is 9.13 Å². The lowest BCUT2D eigenvalue weighted by atomic mass is 10.1. The molecule has 0 fully saturated rings. The van der Waals surface area contributed by atoms with E-state index in [1.807, 2.05) is 52.0 Å². The van der Waals surface area contributed by atoms with Gasteiger partial charge in [-0.15, -0.1) is 0 Å². The largest absolute Gasteiger partial charge is 0.330 e. The lowest BCUT2D eigenvalue weighted by molar-refractivity contribution is 0.219. The minimum absolute atomic E-state index is 0.359. The van der Waals surface area contributed by atoms with Crippen LogP contribution < -0.4 is 0 Å². The van der Waals surface area contributed by atoms with Crippen LogP contribution in [0.1, 0.15) is 38.8 Å². The molecule has 0 unspecified atom stereocenters. The summed E-state index contributed by atoms with van der Waals surface area (Å²) in [4.78, 5) is 0. The lowest BCUT2D eigenvalue weighted by Gasteiger charge is -2.17. The van der Waals surface area contributed by atoms with Crippen molar-refractivity contribution in [2.75, 3.05) is 38.8 Å². The predicted octanol–water partition coefficient (Wildman–Crippen LogP) is 5.30. The van der Waals surface area contributed by atoms with Crippen molar-refractivity contribution in [3.05, 3.63) is 35.4 Å². The van der Waals surface area contributed by atoms with Gasteiger partial charge in [-0.25, -0.2) is 0 Å². The van der Waals surface area contributed by atoms with Crippen molar-refractivity contribution < 1.29 is 27.2 Å². The van der Waals surface area contributed by atoms with Crippen molar-refractivity contribution in [3.8, 4) is 0 Å². The molecule has 0 N–H and O–H groups in total. The second-order valence-corrected chi connectivity index (χ2v) is 10.0. The van der Waals surface area contributed by atoms with Crippen LogP contribution in [0.5, 0.6) is 0 Å². The Bertz CT molecular complexity index is 529. The van der Waals surface area contributed by atoms with Gasteiger partial charge in [-0.2, -0.15) is 0 Å². The summed E-state index contributed by atoms with van der Waals surface area (Å²) in [5.74, 6) is 0. The fourth-order valence-corrected chi connectivity index (χ4v) is 5.83. The second kappa shape index (κ2) is 12.1. The quantitative estimate of drug-likeness (QED) is 0.390. The SMILES string of the molecule is CCOP(=O)(CCc1ccc(CCP(=O)(OCC)OCC)cc1)OCC. The first kappa shape index (κ1) is 23.6. The molecule has 0 aliphatic rings. The zero-order valence-corrected chi connectivity index (χ0v) is 18.1. The van der Waals surface area contributed by atoms with Gasteiger partial charge < -0.3 is 18.1 Å².